The summed E-state index contributed by atoms with van der Waals surface area (Å²) in [4.78, 5) is 4.28. The van der Waals surface area contributed by atoms with Gasteiger partial charge in [0.05, 0.1) is 30.8 Å². The maximum Gasteiger partial charge on any atom is 0.267 e. The average molecular weight is 343 g/mol. The van der Waals surface area contributed by atoms with Crippen molar-refractivity contribution in [2.75, 3.05) is 10.8 Å². The summed E-state index contributed by atoms with van der Waals surface area (Å²) in [7, 11) is -1.96. The van der Waals surface area contributed by atoms with Crippen molar-refractivity contribution >= 4 is 15.7 Å². The van der Waals surface area contributed by atoms with E-state index in [-0.39, 0.29) is 10.9 Å². The van der Waals surface area contributed by atoms with Crippen molar-refractivity contribution in [2.45, 2.75) is 17.4 Å². The van der Waals surface area contributed by atoms with Gasteiger partial charge in [-0.1, -0.05) is 18.2 Å². The van der Waals surface area contributed by atoms with Gasteiger partial charge in [-0.25, -0.2) is 13.4 Å². The molecule has 7 nitrogen and oxygen atoms in total. The Labute approximate surface area is 140 Å². The second-order valence-electron chi connectivity index (χ2n) is 5.88. The van der Waals surface area contributed by atoms with Crippen LogP contribution in [-0.4, -0.2) is 34.3 Å². The lowest BCUT2D eigenvalue weighted by Crippen LogP contribution is -2.40. The molecule has 2 aromatic heterocycles. The van der Waals surface area contributed by atoms with Crippen LogP contribution < -0.4 is 4.31 Å². The summed E-state index contributed by atoms with van der Waals surface area (Å²) < 4.78 is 31.2. The van der Waals surface area contributed by atoms with Crippen molar-refractivity contribution in [3.63, 3.8) is 0 Å². The molecule has 0 amide bonds. The van der Waals surface area contributed by atoms with Gasteiger partial charge in [-0.3, -0.25) is 8.99 Å². The van der Waals surface area contributed by atoms with Gasteiger partial charge in [-0.15, -0.1) is 0 Å². The molecule has 124 valence electrons. The number of nitrogens with zero attached hydrogens (tertiary/aromatic N) is 5. The Kier molecular flexibility index (Phi) is 3.42. The van der Waals surface area contributed by atoms with E-state index >= 15 is 0 Å². The van der Waals surface area contributed by atoms with E-state index in [0.29, 0.717) is 6.54 Å². The lowest BCUT2D eigenvalue weighted by molar-refractivity contribution is 0.487. The first-order chi connectivity index (χ1) is 11.6. The Balaban J connectivity index is 1.81. The van der Waals surface area contributed by atoms with Crippen LogP contribution in [0, 0.1) is 0 Å². The van der Waals surface area contributed by atoms with E-state index in [1.54, 1.807) is 19.6 Å². The molecule has 1 aliphatic heterocycles. The first-order valence-corrected chi connectivity index (χ1v) is 9.06. The van der Waals surface area contributed by atoms with Crippen molar-refractivity contribution in [2.24, 2.45) is 7.05 Å². The van der Waals surface area contributed by atoms with Crippen molar-refractivity contribution in [3.8, 4) is 0 Å². The number of fused-ring (bicyclic) bond motifs is 1. The van der Waals surface area contributed by atoms with Crippen LogP contribution in [0.3, 0.4) is 0 Å². The number of rotatable bonds is 3. The minimum Gasteiger partial charge on any atom is -0.332 e. The topological polar surface area (TPSA) is 73.0 Å². The highest BCUT2D eigenvalue weighted by Crippen LogP contribution is 2.35. The summed E-state index contributed by atoms with van der Waals surface area (Å²) in [6, 6.07) is 7.64. The molecule has 1 aromatic carbocycles. The summed E-state index contributed by atoms with van der Waals surface area (Å²) in [5.74, 6) is 0. The third-order valence-electron chi connectivity index (χ3n) is 4.31. The molecule has 0 saturated carbocycles. The van der Waals surface area contributed by atoms with E-state index in [1.807, 2.05) is 35.0 Å². The third kappa shape index (κ3) is 2.39. The molecule has 4 rings (SSSR count). The molecule has 1 aliphatic rings. The number of aromatic nitrogens is 4. The molecule has 0 saturated heterocycles. The highest BCUT2D eigenvalue weighted by molar-refractivity contribution is 7.92. The number of anilines is 1. The normalized spacial score (nSPS) is 17.7. The molecule has 0 N–H and O–H groups in total. The first-order valence-electron chi connectivity index (χ1n) is 7.62. The van der Waals surface area contributed by atoms with Gasteiger partial charge in [0.1, 0.15) is 4.90 Å². The lowest BCUT2D eigenvalue weighted by Gasteiger charge is -2.35. The van der Waals surface area contributed by atoms with Gasteiger partial charge in [0.25, 0.3) is 10.0 Å². The summed E-state index contributed by atoms with van der Waals surface area (Å²) in [5, 5.41) is 4.00. The Bertz CT molecular complexity index is 962. The highest BCUT2D eigenvalue weighted by atomic mass is 32.2. The molecule has 0 fully saturated rings. The largest absolute Gasteiger partial charge is 0.332 e. The third-order valence-corrected chi connectivity index (χ3v) is 6.04. The molecule has 0 bridgehead atoms. The van der Waals surface area contributed by atoms with Crippen LogP contribution in [0.1, 0.15) is 11.6 Å². The van der Waals surface area contributed by atoms with Crippen molar-refractivity contribution in [1.29, 1.82) is 0 Å². The Morgan fingerprint density at radius 1 is 1.25 bits per heavy atom. The van der Waals surface area contributed by atoms with E-state index in [9.17, 15) is 8.42 Å². The fourth-order valence-electron chi connectivity index (χ4n) is 3.11. The summed E-state index contributed by atoms with van der Waals surface area (Å²) >= 11 is 0. The molecule has 0 radical (unpaired) electrons. The van der Waals surface area contributed by atoms with Gasteiger partial charge >= 0.3 is 0 Å². The highest BCUT2D eigenvalue weighted by Gasteiger charge is 2.34. The molecule has 3 heterocycles. The number of sulfonamides is 1. The van der Waals surface area contributed by atoms with Crippen LogP contribution in [0.15, 0.2) is 60.3 Å². The minimum absolute atomic E-state index is 0.00819. The molecular weight excluding hydrogens is 326 g/mol. The predicted octanol–water partition coefficient (Wildman–Crippen LogP) is 1.61. The molecule has 24 heavy (non-hydrogen) atoms. The van der Waals surface area contributed by atoms with Gasteiger partial charge in [0.2, 0.25) is 0 Å². The fourth-order valence-corrected chi connectivity index (χ4v) is 4.63. The van der Waals surface area contributed by atoms with Crippen LogP contribution >= 0.6 is 0 Å². The van der Waals surface area contributed by atoms with E-state index < -0.39 is 10.0 Å². The second kappa shape index (κ2) is 5.48. The standard InChI is InChI=1S/C16H17N5O2S/c1-19-11-15(9-18-19)24(22,23)21-10-14(20-7-6-17-12-20)8-13-4-2-3-5-16(13)21/h2-7,9,11-12,14H,8,10H2,1H3. The van der Waals surface area contributed by atoms with Crippen LogP contribution in [0.4, 0.5) is 5.69 Å². The van der Waals surface area contributed by atoms with Crippen molar-refractivity contribution < 1.29 is 8.42 Å². The van der Waals surface area contributed by atoms with Gasteiger partial charge in [-0.05, 0) is 18.1 Å². The second-order valence-corrected chi connectivity index (χ2v) is 7.74. The first kappa shape index (κ1) is 14.9. The van der Waals surface area contributed by atoms with E-state index in [1.165, 1.54) is 21.4 Å². The van der Waals surface area contributed by atoms with Gasteiger partial charge in [0, 0.05) is 25.6 Å². The number of hydrogen-bond donors (Lipinski definition) is 0. The summed E-state index contributed by atoms with van der Waals surface area (Å²) in [6.45, 7) is 0.366. The number of imidazole rings is 1. The SMILES string of the molecule is Cn1cc(S(=O)(=O)N2CC(n3ccnc3)Cc3ccccc32)cn1. The number of aryl methyl sites for hydroxylation is 1. The molecule has 1 atom stereocenters. The average Bonchev–Trinajstić information content (AvgIpc) is 3.25. The summed E-state index contributed by atoms with van der Waals surface area (Å²) in [5.41, 5.74) is 1.74. The van der Waals surface area contributed by atoms with Crippen molar-refractivity contribution in [1.82, 2.24) is 19.3 Å². The van der Waals surface area contributed by atoms with Crippen LogP contribution in [0.25, 0.3) is 0 Å². The fraction of sp³-hybridized carbons (Fsp3) is 0.250. The zero-order valence-corrected chi connectivity index (χ0v) is 14.0. The number of hydrogen-bond acceptors (Lipinski definition) is 4. The molecule has 3 aromatic rings. The monoisotopic (exact) mass is 343 g/mol. The maximum absolute atomic E-state index is 13.1. The van der Waals surface area contributed by atoms with Crippen LogP contribution in [0.5, 0.6) is 0 Å². The van der Waals surface area contributed by atoms with Crippen LogP contribution in [0.2, 0.25) is 0 Å². The lowest BCUT2D eigenvalue weighted by atomic mass is 10.00. The zero-order chi connectivity index (χ0) is 16.7. The molecule has 0 aliphatic carbocycles. The Morgan fingerprint density at radius 2 is 2.08 bits per heavy atom. The van der Waals surface area contributed by atoms with Crippen LogP contribution in [-0.2, 0) is 23.5 Å². The molecule has 8 heteroatoms. The van der Waals surface area contributed by atoms with E-state index in [4.69, 9.17) is 0 Å². The van der Waals surface area contributed by atoms with Gasteiger partial charge in [0.15, 0.2) is 0 Å². The minimum atomic E-state index is -3.66. The van der Waals surface area contributed by atoms with Gasteiger partial charge < -0.3 is 4.57 Å². The zero-order valence-electron chi connectivity index (χ0n) is 13.1. The van der Waals surface area contributed by atoms with E-state index in [0.717, 1.165) is 17.7 Å². The Morgan fingerprint density at radius 3 is 2.79 bits per heavy atom. The van der Waals surface area contributed by atoms with Crippen molar-refractivity contribution in [3.05, 3.63) is 60.9 Å². The predicted molar refractivity (Wildman–Crippen MR) is 89.1 cm³/mol. The van der Waals surface area contributed by atoms with Gasteiger partial charge in [-0.2, -0.15) is 5.10 Å². The maximum atomic E-state index is 13.1. The number of para-hydroxylation sites is 1. The molecule has 1 unspecified atom stereocenters. The van der Waals surface area contributed by atoms with E-state index in [2.05, 4.69) is 10.1 Å². The summed E-state index contributed by atoms with van der Waals surface area (Å²) in [6.07, 6.45) is 8.99. The molecule has 0 spiro atoms. The smallest absolute Gasteiger partial charge is 0.267 e. The molecular formula is C16H17N5O2S. The quantitative estimate of drug-likeness (QED) is 0.724. The number of benzene rings is 1. The Hall–Kier alpha value is -2.61.